The number of ether oxygens (including phenoxy) is 4. The highest BCUT2D eigenvalue weighted by molar-refractivity contribution is 5.69. The monoisotopic (exact) mass is 769 g/mol. The summed E-state index contributed by atoms with van der Waals surface area (Å²) in [5, 5.41) is 40.1. The van der Waals surface area contributed by atoms with Crippen LogP contribution >= 0.6 is 0 Å². The molecule has 1 fully saturated rings. The van der Waals surface area contributed by atoms with Crippen LogP contribution in [0.2, 0.25) is 0 Å². The first-order chi connectivity index (χ1) is 26.4. The molecule has 318 valence electrons. The minimum Gasteiger partial charge on any atom is -0.457 e. The van der Waals surface area contributed by atoms with Crippen molar-refractivity contribution < 1.29 is 44.2 Å². The molecule has 0 aliphatic carbocycles. The third kappa shape index (κ3) is 28.1. The van der Waals surface area contributed by atoms with Crippen LogP contribution in [0.25, 0.3) is 0 Å². The number of carbonyl (C=O) groups excluding carboxylic acids is 1. The van der Waals surface area contributed by atoms with Crippen LogP contribution < -0.4 is 0 Å². The van der Waals surface area contributed by atoms with Crippen molar-refractivity contribution in [3.05, 3.63) is 24.3 Å². The Balaban J connectivity index is 2.27. The third-order valence-corrected chi connectivity index (χ3v) is 10.4. The normalized spacial score (nSPS) is 21.0. The van der Waals surface area contributed by atoms with Crippen LogP contribution in [0.3, 0.4) is 0 Å². The second-order valence-corrected chi connectivity index (χ2v) is 15.5. The summed E-state index contributed by atoms with van der Waals surface area (Å²) in [7, 11) is 0. The van der Waals surface area contributed by atoms with Crippen LogP contribution in [0.15, 0.2) is 24.3 Å². The van der Waals surface area contributed by atoms with Crippen molar-refractivity contribution in [2.45, 2.75) is 230 Å². The van der Waals surface area contributed by atoms with Gasteiger partial charge < -0.3 is 39.4 Å². The largest absolute Gasteiger partial charge is 0.457 e. The predicted molar refractivity (Wildman–Crippen MR) is 219 cm³/mol. The van der Waals surface area contributed by atoms with Gasteiger partial charge in [0.1, 0.15) is 30.5 Å². The number of aliphatic hydroxyl groups is 4. The summed E-state index contributed by atoms with van der Waals surface area (Å²) < 4.78 is 22.8. The minimum atomic E-state index is -1.54. The molecule has 9 heteroatoms. The van der Waals surface area contributed by atoms with Crippen molar-refractivity contribution in [1.29, 1.82) is 0 Å². The summed E-state index contributed by atoms with van der Waals surface area (Å²) >= 11 is 0. The molecule has 0 amide bonds. The van der Waals surface area contributed by atoms with E-state index in [1.54, 1.807) is 0 Å². The van der Waals surface area contributed by atoms with Crippen LogP contribution in [0.4, 0.5) is 0 Å². The molecule has 1 heterocycles. The Morgan fingerprint density at radius 2 is 1.07 bits per heavy atom. The number of hydrogen-bond acceptors (Lipinski definition) is 9. The maximum absolute atomic E-state index is 12.8. The molecule has 1 aliphatic heterocycles. The number of rotatable bonds is 38. The first-order valence-electron chi connectivity index (χ1n) is 22.4. The van der Waals surface area contributed by atoms with E-state index >= 15 is 0 Å². The molecule has 0 aromatic carbocycles. The van der Waals surface area contributed by atoms with E-state index in [0.717, 1.165) is 57.8 Å². The van der Waals surface area contributed by atoms with Crippen molar-refractivity contribution in [2.24, 2.45) is 0 Å². The van der Waals surface area contributed by atoms with Crippen molar-refractivity contribution in [3.8, 4) is 0 Å². The van der Waals surface area contributed by atoms with Gasteiger partial charge in [0.15, 0.2) is 6.29 Å². The quantitative estimate of drug-likeness (QED) is 0.0275. The molecule has 0 aromatic heterocycles. The summed E-state index contributed by atoms with van der Waals surface area (Å²) in [4.78, 5) is 12.8. The molecule has 1 saturated heterocycles. The van der Waals surface area contributed by atoms with Crippen LogP contribution in [-0.4, -0.2) is 89.6 Å². The highest BCUT2D eigenvalue weighted by Crippen LogP contribution is 2.22. The molecule has 6 atom stereocenters. The van der Waals surface area contributed by atoms with E-state index in [0.29, 0.717) is 13.0 Å². The van der Waals surface area contributed by atoms with Gasteiger partial charge in [-0.1, -0.05) is 167 Å². The zero-order valence-corrected chi connectivity index (χ0v) is 34.7. The SMILES string of the molecule is CCCCC/C=C\C/C=C\CCCCCCCC(=O)OC(COCCCCCCCCCCCCCCCCCC)COC1OC(CO)C(O)C(O)C1O. The van der Waals surface area contributed by atoms with Crippen LogP contribution in [0, 0.1) is 0 Å². The van der Waals surface area contributed by atoms with Gasteiger partial charge in [0.2, 0.25) is 0 Å². The van der Waals surface area contributed by atoms with E-state index in [1.165, 1.54) is 116 Å². The van der Waals surface area contributed by atoms with E-state index in [1.807, 2.05) is 0 Å². The van der Waals surface area contributed by atoms with Crippen LogP contribution in [-0.2, 0) is 23.7 Å². The summed E-state index contributed by atoms with van der Waals surface area (Å²) in [5.74, 6) is -0.325. The van der Waals surface area contributed by atoms with Gasteiger partial charge in [-0.25, -0.2) is 0 Å². The fraction of sp³-hybridized carbons (Fsp3) is 0.889. The molecule has 0 bridgehead atoms. The molecular formula is C45H84O9. The highest BCUT2D eigenvalue weighted by atomic mass is 16.7. The summed E-state index contributed by atoms with van der Waals surface area (Å²) in [5.41, 5.74) is 0. The second-order valence-electron chi connectivity index (χ2n) is 15.5. The lowest BCUT2D eigenvalue weighted by Crippen LogP contribution is -2.59. The number of unbranched alkanes of at least 4 members (excludes halogenated alkanes) is 23. The van der Waals surface area contributed by atoms with Gasteiger partial charge in [-0.15, -0.1) is 0 Å². The molecule has 0 spiro atoms. The van der Waals surface area contributed by atoms with Gasteiger partial charge in [0.25, 0.3) is 0 Å². The van der Waals surface area contributed by atoms with Gasteiger partial charge in [0, 0.05) is 13.0 Å². The van der Waals surface area contributed by atoms with Crippen LogP contribution in [0.5, 0.6) is 0 Å². The molecular weight excluding hydrogens is 684 g/mol. The lowest BCUT2D eigenvalue weighted by molar-refractivity contribution is -0.305. The Hall–Kier alpha value is -1.33. The van der Waals surface area contributed by atoms with Gasteiger partial charge in [0.05, 0.1) is 19.8 Å². The van der Waals surface area contributed by atoms with Gasteiger partial charge in [-0.05, 0) is 44.9 Å². The average Bonchev–Trinajstić information content (AvgIpc) is 3.17. The lowest BCUT2D eigenvalue weighted by Gasteiger charge is -2.39. The number of hydrogen-bond donors (Lipinski definition) is 4. The fourth-order valence-electron chi connectivity index (χ4n) is 6.82. The Bertz CT molecular complexity index is 879. The standard InChI is InChI=1S/C45H84O9/c1-3-5-7-9-11-13-15-17-19-21-23-25-27-29-31-33-35-51-37-39(38-52-45-44(50)43(49)42(48)40(36-46)54-45)53-41(47)34-32-30-28-26-24-22-20-18-16-14-12-10-8-6-4-2/h12,14,18,20,39-40,42-46,48-50H,3-11,13,15-17,19,21-38H2,1-2H3/b14-12-,20-18-. The molecule has 6 unspecified atom stereocenters. The maximum atomic E-state index is 12.8. The molecule has 0 aromatic rings. The van der Waals surface area contributed by atoms with Crippen molar-refractivity contribution in [1.82, 2.24) is 0 Å². The van der Waals surface area contributed by atoms with Crippen molar-refractivity contribution in [3.63, 3.8) is 0 Å². The Labute approximate surface area is 330 Å². The Morgan fingerprint density at radius 3 is 1.63 bits per heavy atom. The Kier molecular flexibility index (Phi) is 35.0. The van der Waals surface area contributed by atoms with Crippen LogP contribution in [0.1, 0.15) is 194 Å². The minimum absolute atomic E-state index is 0.116. The summed E-state index contributed by atoms with van der Waals surface area (Å²) in [6.07, 6.45) is 34.8. The molecule has 1 aliphatic rings. The molecule has 4 N–H and O–H groups in total. The molecule has 0 radical (unpaired) electrons. The average molecular weight is 769 g/mol. The zero-order valence-electron chi connectivity index (χ0n) is 34.7. The van der Waals surface area contributed by atoms with Gasteiger partial charge in [-0.3, -0.25) is 4.79 Å². The molecule has 54 heavy (non-hydrogen) atoms. The first-order valence-corrected chi connectivity index (χ1v) is 22.4. The highest BCUT2D eigenvalue weighted by Gasteiger charge is 2.44. The van der Waals surface area contributed by atoms with E-state index < -0.39 is 43.4 Å². The molecule has 0 saturated carbocycles. The summed E-state index contributed by atoms with van der Waals surface area (Å²) in [6, 6.07) is 0. The summed E-state index contributed by atoms with van der Waals surface area (Å²) in [6.45, 7) is 4.54. The topological polar surface area (TPSA) is 135 Å². The van der Waals surface area contributed by atoms with E-state index in [-0.39, 0.29) is 19.2 Å². The van der Waals surface area contributed by atoms with E-state index in [9.17, 15) is 25.2 Å². The number of aliphatic hydroxyl groups excluding tert-OH is 4. The van der Waals surface area contributed by atoms with Gasteiger partial charge >= 0.3 is 5.97 Å². The molecule has 1 rings (SSSR count). The smallest absolute Gasteiger partial charge is 0.306 e. The second kappa shape index (κ2) is 37.3. The fourth-order valence-corrected chi connectivity index (χ4v) is 6.82. The Morgan fingerprint density at radius 1 is 0.593 bits per heavy atom. The van der Waals surface area contributed by atoms with Crippen molar-refractivity contribution in [2.75, 3.05) is 26.4 Å². The predicted octanol–water partition coefficient (Wildman–Crippen LogP) is 9.81. The number of allylic oxidation sites excluding steroid dienone is 4. The zero-order chi connectivity index (χ0) is 39.3. The maximum Gasteiger partial charge on any atom is 0.306 e. The van der Waals surface area contributed by atoms with Gasteiger partial charge in [-0.2, -0.15) is 0 Å². The first kappa shape index (κ1) is 50.7. The van der Waals surface area contributed by atoms with Crippen molar-refractivity contribution >= 4 is 5.97 Å². The van der Waals surface area contributed by atoms with E-state index in [4.69, 9.17) is 18.9 Å². The third-order valence-electron chi connectivity index (χ3n) is 10.4. The number of carbonyl (C=O) groups is 1. The molecule has 9 nitrogen and oxygen atoms in total. The lowest BCUT2D eigenvalue weighted by atomic mass is 9.99. The van der Waals surface area contributed by atoms with E-state index in [2.05, 4.69) is 38.2 Å². The number of esters is 1.